The number of sulfonamides is 1. The smallest absolute Gasteiger partial charge is 0.246 e. The third kappa shape index (κ3) is 3.52. The Hall–Kier alpha value is -1.34. The van der Waals surface area contributed by atoms with Gasteiger partial charge in [0.25, 0.3) is 0 Å². The van der Waals surface area contributed by atoms with E-state index in [4.69, 9.17) is 9.47 Å². The van der Waals surface area contributed by atoms with Crippen LogP contribution in [0.5, 0.6) is 11.5 Å². The highest BCUT2D eigenvalue weighted by Gasteiger charge is 2.29. The normalized spacial score (nSPS) is 17.6. The van der Waals surface area contributed by atoms with Crippen LogP contribution >= 0.6 is 0 Å². The lowest BCUT2D eigenvalue weighted by atomic mass is 10.1. The minimum atomic E-state index is -3.87. The van der Waals surface area contributed by atoms with E-state index in [2.05, 4.69) is 0 Å². The molecule has 1 aromatic rings. The first-order valence-corrected chi connectivity index (χ1v) is 8.86. The zero-order valence-electron chi connectivity index (χ0n) is 13.0. The molecule has 0 aliphatic carbocycles. The Balaban J connectivity index is 2.39. The van der Waals surface area contributed by atoms with Crippen LogP contribution in [-0.2, 0) is 10.0 Å². The molecule has 5 nitrogen and oxygen atoms in total. The lowest BCUT2D eigenvalue weighted by molar-refractivity contribution is 0.346. The molecule has 1 aliphatic rings. The predicted octanol–water partition coefficient (Wildman–Crippen LogP) is 2.80. The van der Waals surface area contributed by atoms with Gasteiger partial charge in [0.15, 0.2) is 11.5 Å². The van der Waals surface area contributed by atoms with Crippen LogP contribution in [0.25, 0.3) is 0 Å². The average Bonchev–Trinajstić information content (AvgIpc) is 2.45. The molecule has 1 aromatic carbocycles. The van der Waals surface area contributed by atoms with Gasteiger partial charge in [-0.2, -0.15) is 4.31 Å². The summed E-state index contributed by atoms with van der Waals surface area (Å²) in [7, 11) is -1.10. The summed E-state index contributed by atoms with van der Waals surface area (Å²) in [6.07, 6.45) is 4.72. The molecule has 1 aliphatic heterocycles. The summed E-state index contributed by atoms with van der Waals surface area (Å²) in [5.41, 5.74) is 0. The second-order valence-electron chi connectivity index (χ2n) is 5.31. The molecule has 7 heteroatoms. The summed E-state index contributed by atoms with van der Waals surface area (Å²) in [6.45, 7) is 0.853. The first-order valence-electron chi connectivity index (χ1n) is 7.42. The maximum atomic E-state index is 14.2. The zero-order chi connectivity index (χ0) is 16.2. The number of benzene rings is 1. The lowest BCUT2D eigenvalue weighted by Gasteiger charge is -2.24. The number of hydrogen-bond acceptors (Lipinski definition) is 4. The van der Waals surface area contributed by atoms with Crippen LogP contribution in [0.2, 0.25) is 0 Å². The maximum Gasteiger partial charge on any atom is 0.246 e. The predicted molar refractivity (Wildman–Crippen MR) is 81.3 cm³/mol. The van der Waals surface area contributed by atoms with Crippen molar-refractivity contribution in [1.29, 1.82) is 0 Å². The third-order valence-corrected chi connectivity index (χ3v) is 5.78. The van der Waals surface area contributed by atoms with Gasteiger partial charge in [-0.1, -0.05) is 19.3 Å². The topological polar surface area (TPSA) is 55.8 Å². The summed E-state index contributed by atoms with van der Waals surface area (Å²) < 4.78 is 51.2. The number of halogens is 1. The Labute approximate surface area is 131 Å². The van der Waals surface area contributed by atoms with Crippen LogP contribution in [0, 0.1) is 5.82 Å². The van der Waals surface area contributed by atoms with Crippen LogP contribution in [-0.4, -0.2) is 40.0 Å². The fraction of sp³-hybridized carbons (Fsp3) is 0.600. The molecule has 1 heterocycles. The van der Waals surface area contributed by atoms with Gasteiger partial charge in [0.2, 0.25) is 10.0 Å². The van der Waals surface area contributed by atoms with Crippen molar-refractivity contribution in [3.8, 4) is 11.5 Å². The van der Waals surface area contributed by atoms with E-state index in [0.29, 0.717) is 13.1 Å². The van der Waals surface area contributed by atoms with Gasteiger partial charge >= 0.3 is 0 Å². The fourth-order valence-corrected chi connectivity index (χ4v) is 4.21. The number of ether oxygens (including phenoxy) is 2. The molecule has 0 saturated carbocycles. The maximum absolute atomic E-state index is 14.2. The van der Waals surface area contributed by atoms with Crippen LogP contribution in [0.1, 0.15) is 32.1 Å². The Morgan fingerprint density at radius 3 is 2.00 bits per heavy atom. The highest BCUT2D eigenvalue weighted by atomic mass is 32.2. The molecule has 0 aromatic heterocycles. The van der Waals surface area contributed by atoms with Gasteiger partial charge in [0.05, 0.1) is 14.2 Å². The quantitative estimate of drug-likeness (QED) is 0.851. The van der Waals surface area contributed by atoms with Crippen molar-refractivity contribution in [3.05, 3.63) is 17.9 Å². The first-order chi connectivity index (χ1) is 10.5. The van der Waals surface area contributed by atoms with Crippen molar-refractivity contribution >= 4 is 10.0 Å². The van der Waals surface area contributed by atoms with Crippen molar-refractivity contribution < 1.29 is 22.3 Å². The molecule has 0 spiro atoms. The van der Waals surface area contributed by atoms with Gasteiger partial charge in [-0.15, -0.1) is 0 Å². The molecule has 0 amide bonds. The highest BCUT2D eigenvalue weighted by molar-refractivity contribution is 7.89. The number of hydrogen-bond donors (Lipinski definition) is 0. The van der Waals surface area contributed by atoms with Crippen molar-refractivity contribution in [2.75, 3.05) is 27.3 Å². The molecule has 0 unspecified atom stereocenters. The lowest BCUT2D eigenvalue weighted by Crippen LogP contribution is -2.34. The molecule has 1 fully saturated rings. The van der Waals surface area contributed by atoms with Gasteiger partial charge in [-0.3, -0.25) is 0 Å². The van der Waals surface area contributed by atoms with Gasteiger partial charge in [0, 0.05) is 25.2 Å². The first kappa shape index (κ1) is 17.0. The molecule has 22 heavy (non-hydrogen) atoms. The van der Waals surface area contributed by atoms with Crippen molar-refractivity contribution in [2.24, 2.45) is 0 Å². The monoisotopic (exact) mass is 331 g/mol. The SMILES string of the molecule is COc1cc(F)c(S(=O)(=O)N2CCCCCCC2)cc1OC. The molecule has 0 atom stereocenters. The Morgan fingerprint density at radius 2 is 1.45 bits per heavy atom. The Kier molecular flexibility index (Phi) is 5.63. The Bertz CT molecular complexity index is 610. The van der Waals surface area contributed by atoms with E-state index in [-0.39, 0.29) is 16.4 Å². The van der Waals surface area contributed by atoms with E-state index >= 15 is 0 Å². The molecule has 1 saturated heterocycles. The largest absolute Gasteiger partial charge is 0.493 e. The number of methoxy groups -OCH3 is 2. The summed E-state index contributed by atoms with van der Waals surface area (Å²) in [4.78, 5) is -0.356. The Morgan fingerprint density at radius 1 is 0.955 bits per heavy atom. The van der Waals surface area contributed by atoms with E-state index in [1.807, 2.05) is 0 Å². The van der Waals surface area contributed by atoms with Crippen LogP contribution in [0.15, 0.2) is 17.0 Å². The summed E-state index contributed by atoms with van der Waals surface area (Å²) >= 11 is 0. The summed E-state index contributed by atoms with van der Waals surface area (Å²) in [5.74, 6) is -0.444. The standard InChI is InChI=1S/C15H22FNO4S/c1-20-13-10-12(16)15(11-14(13)21-2)22(18,19)17-8-6-4-3-5-7-9-17/h10-11H,3-9H2,1-2H3. The highest BCUT2D eigenvalue weighted by Crippen LogP contribution is 2.33. The van der Waals surface area contributed by atoms with Crippen molar-refractivity contribution in [3.63, 3.8) is 0 Å². The second-order valence-corrected chi connectivity index (χ2v) is 7.22. The second kappa shape index (κ2) is 7.28. The van der Waals surface area contributed by atoms with Crippen molar-refractivity contribution in [2.45, 2.75) is 37.0 Å². The molecule has 124 valence electrons. The molecule has 0 N–H and O–H groups in total. The molecular weight excluding hydrogens is 309 g/mol. The van der Waals surface area contributed by atoms with Crippen LogP contribution in [0.3, 0.4) is 0 Å². The molecular formula is C15H22FNO4S. The minimum Gasteiger partial charge on any atom is -0.493 e. The van der Waals surface area contributed by atoms with Crippen molar-refractivity contribution in [1.82, 2.24) is 4.31 Å². The zero-order valence-corrected chi connectivity index (χ0v) is 13.8. The van der Waals surface area contributed by atoms with Gasteiger partial charge in [0.1, 0.15) is 10.7 Å². The number of nitrogens with zero attached hydrogens (tertiary/aromatic N) is 1. The third-order valence-electron chi connectivity index (χ3n) is 3.87. The average molecular weight is 331 g/mol. The molecule has 0 radical (unpaired) electrons. The van der Waals surface area contributed by atoms with E-state index < -0.39 is 15.8 Å². The minimum absolute atomic E-state index is 0.173. The summed E-state index contributed by atoms with van der Waals surface area (Å²) in [6, 6.07) is 2.25. The van der Waals surface area contributed by atoms with E-state index in [0.717, 1.165) is 38.2 Å². The number of rotatable bonds is 4. The molecule has 2 rings (SSSR count). The van der Waals surface area contributed by atoms with E-state index in [9.17, 15) is 12.8 Å². The van der Waals surface area contributed by atoms with E-state index in [1.165, 1.54) is 24.6 Å². The van der Waals surface area contributed by atoms with Gasteiger partial charge in [-0.05, 0) is 12.8 Å². The van der Waals surface area contributed by atoms with Crippen LogP contribution in [0.4, 0.5) is 4.39 Å². The van der Waals surface area contributed by atoms with E-state index in [1.54, 1.807) is 0 Å². The summed E-state index contributed by atoms with van der Waals surface area (Å²) in [5, 5.41) is 0. The molecule has 0 bridgehead atoms. The van der Waals surface area contributed by atoms with Crippen LogP contribution < -0.4 is 9.47 Å². The van der Waals surface area contributed by atoms with Gasteiger partial charge in [-0.25, -0.2) is 12.8 Å². The van der Waals surface area contributed by atoms with Gasteiger partial charge < -0.3 is 9.47 Å². The fourth-order valence-electron chi connectivity index (χ4n) is 2.63.